The van der Waals surface area contributed by atoms with Gasteiger partial charge in [0.15, 0.2) is 0 Å². The molecule has 16 heavy (non-hydrogen) atoms. The molecule has 0 spiro atoms. The number of ketones is 2. The lowest BCUT2D eigenvalue weighted by Gasteiger charge is -2.10. The molecule has 1 aliphatic rings. The van der Waals surface area contributed by atoms with E-state index >= 15 is 0 Å². The Bertz CT molecular complexity index is 524. The lowest BCUT2D eigenvalue weighted by molar-refractivity contribution is -0.131. The van der Waals surface area contributed by atoms with E-state index in [4.69, 9.17) is 11.6 Å². The fourth-order valence-corrected chi connectivity index (χ4v) is 1.54. The van der Waals surface area contributed by atoms with Gasteiger partial charge in [-0.3, -0.25) is 9.59 Å². The molecule has 4 heteroatoms. The van der Waals surface area contributed by atoms with E-state index in [9.17, 15) is 14.7 Å². The Morgan fingerprint density at radius 3 is 2.12 bits per heavy atom. The number of aliphatic hydroxyl groups is 1. The standard InChI is InChI=1S/C12H7ClO3/c13-8-3-1-7(2-4-8)9-5-11(15)12(16)6-10(9)14/h1-6,14H. The number of aliphatic hydroxyl groups excluding tert-OH is 1. The van der Waals surface area contributed by atoms with Crippen LogP contribution in [0.15, 0.2) is 42.2 Å². The van der Waals surface area contributed by atoms with Gasteiger partial charge in [-0.05, 0) is 17.7 Å². The van der Waals surface area contributed by atoms with Crippen LogP contribution in [-0.4, -0.2) is 16.7 Å². The molecule has 0 saturated carbocycles. The van der Waals surface area contributed by atoms with Crippen LogP contribution < -0.4 is 0 Å². The number of carbonyl (C=O) groups is 2. The number of hydrogen-bond donors (Lipinski definition) is 1. The van der Waals surface area contributed by atoms with Gasteiger partial charge in [-0.25, -0.2) is 0 Å². The van der Waals surface area contributed by atoms with E-state index in [1.807, 2.05) is 0 Å². The Kier molecular flexibility index (Phi) is 2.62. The summed E-state index contributed by atoms with van der Waals surface area (Å²) in [5.41, 5.74) is 0.972. The molecule has 0 bridgehead atoms. The highest BCUT2D eigenvalue weighted by Gasteiger charge is 2.20. The molecule has 0 unspecified atom stereocenters. The van der Waals surface area contributed by atoms with Crippen LogP contribution in [0.5, 0.6) is 0 Å². The molecule has 1 aliphatic carbocycles. The summed E-state index contributed by atoms with van der Waals surface area (Å²) in [6, 6.07) is 6.63. The number of benzene rings is 1. The topological polar surface area (TPSA) is 54.4 Å². The summed E-state index contributed by atoms with van der Waals surface area (Å²) in [6.07, 6.45) is 2.05. The highest BCUT2D eigenvalue weighted by Crippen LogP contribution is 2.25. The second kappa shape index (κ2) is 3.94. The van der Waals surface area contributed by atoms with Crippen molar-refractivity contribution in [2.45, 2.75) is 0 Å². The Hall–Kier alpha value is -1.87. The molecule has 0 heterocycles. The maximum absolute atomic E-state index is 11.2. The Labute approximate surface area is 96.7 Å². The van der Waals surface area contributed by atoms with Crippen molar-refractivity contribution in [3.8, 4) is 0 Å². The summed E-state index contributed by atoms with van der Waals surface area (Å²) in [4.78, 5) is 22.2. The van der Waals surface area contributed by atoms with Gasteiger partial charge in [0.1, 0.15) is 5.76 Å². The first-order valence-corrected chi connectivity index (χ1v) is 4.92. The van der Waals surface area contributed by atoms with Crippen LogP contribution in [0.1, 0.15) is 5.56 Å². The third-order valence-corrected chi connectivity index (χ3v) is 2.47. The second-order valence-corrected chi connectivity index (χ2v) is 3.76. The molecule has 1 aromatic carbocycles. The zero-order chi connectivity index (χ0) is 11.7. The molecule has 2 rings (SSSR count). The summed E-state index contributed by atoms with van der Waals surface area (Å²) in [5.74, 6) is -1.55. The SMILES string of the molecule is O=C1C=C(O)C(c2ccc(Cl)cc2)=CC1=O. The minimum absolute atomic E-state index is 0.202. The van der Waals surface area contributed by atoms with Gasteiger partial charge in [-0.2, -0.15) is 0 Å². The molecule has 1 aromatic rings. The monoisotopic (exact) mass is 234 g/mol. The zero-order valence-corrected chi connectivity index (χ0v) is 8.86. The van der Waals surface area contributed by atoms with Crippen molar-refractivity contribution in [3.05, 3.63) is 52.8 Å². The van der Waals surface area contributed by atoms with E-state index in [-0.39, 0.29) is 5.76 Å². The molecule has 3 nitrogen and oxygen atoms in total. The van der Waals surface area contributed by atoms with Crippen molar-refractivity contribution in [1.82, 2.24) is 0 Å². The number of rotatable bonds is 1. The molecule has 0 aliphatic heterocycles. The number of hydrogen-bond acceptors (Lipinski definition) is 3. The Morgan fingerprint density at radius 1 is 0.938 bits per heavy atom. The van der Waals surface area contributed by atoms with Gasteiger partial charge in [-0.1, -0.05) is 23.7 Å². The van der Waals surface area contributed by atoms with E-state index in [0.717, 1.165) is 12.2 Å². The van der Waals surface area contributed by atoms with Crippen molar-refractivity contribution in [3.63, 3.8) is 0 Å². The number of allylic oxidation sites excluding steroid dienone is 3. The van der Waals surface area contributed by atoms with Gasteiger partial charge in [0, 0.05) is 22.7 Å². The second-order valence-electron chi connectivity index (χ2n) is 3.32. The first-order valence-electron chi connectivity index (χ1n) is 4.55. The van der Waals surface area contributed by atoms with E-state index in [0.29, 0.717) is 16.2 Å². The molecule has 0 aromatic heterocycles. The summed E-state index contributed by atoms with van der Waals surface area (Å²) in [7, 11) is 0. The third kappa shape index (κ3) is 1.90. The average Bonchev–Trinajstić information content (AvgIpc) is 2.25. The Morgan fingerprint density at radius 2 is 1.50 bits per heavy atom. The predicted molar refractivity (Wildman–Crippen MR) is 60.2 cm³/mol. The maximum atomic E-state index is 11.2. The van der Waals surface area contributed by atoms with Crippen LogP contribution in [0, 0.1) is 0 Å². The zero-order valence-electron chi connectivity index (χ0n) is 8.11. The lowest BCUT2D eigenvalue weighted by Crippen LogP contribution is -2.14. The van der Waals surface area contributed by atoms with Gasteiger partial charge in [0.25, 0.3) is 0 Å². The highest BCUT2D eigenvalue weighted by atomic mass is 35.5. The van der Waals surface area contributed by atoms with Crippen molar-refractivity contribution in [1.29, 1.82) is 0 Å². The average molecular weight is 235 g/mol. The van der Waals surface area contributed by atoms with Crippen molar-refractivity contribution >= 4 is 28.7 Å². The largest absolute Gasteiger partial charge is 0.507 e. The molecule has 0 saturated heterocycles. The minimum Gasteiger partial charge on any atom is -0.507 e. The molecule has 0 radical (unpaired) electrons. The molecule has 0 atom stereocenters. The molecule has 0 amide bonds. The van der Waals surface area contributed by atoms with E-state index in [1.54, 1.807) is 24.3 Å². The number of halogens is 1. The fourth-order valence-electron chi connectivity index (χ4n) is 1.41. The van der Waals surface area contributed by atoms with Gasteiger partial charge < -0.3 is 5.11 Å². The smallest absolute Gasteiger partial charge is 0.229 e. The molecular formula is C12H7ClO3. The van der Waals surface area contributed by atoms with E-state index in [2.05, 4.69) is 0 Å². The van der Waals surface area contributed by atoms with Crippen LogP contribution in [0.3, 0.4) is 0 Å². The lowest BCUT2D eigenvalue weighted by atomic mass is 9.97. The maximum Gasteiger partial charge on any atom is 0.229 e. The Balaban J connectivity index is 2.45. The normalized spacial score (nSPS) is 15.8. The van der Waals surface area contributed by atoms with Crippen LogP contribution in [0.2, 0.25) is 5.02 Å². The highest BCUT2D eigenvalue weighted by molar-refractivity contribution is 6.48. The molecule has 1 N–H and O–H groups in total. The van der Waals surface area contributed by atoms with Gasteiger partial charge in [0.2, 0.25) is 11.6 Å². The summed E-state index contributed by atoms with van der Waals surface area (Å²) < 4.78 is 0. The van der Waals surface area contributed by atoms with Crippen molar-refractivity contribution < 1.29 is 14.7 Å². The van der Waals surface area contributed by atoms with Gasteiger partial charge >= 0.3 is 0 Å². The summed E-state index contributed by atoms with van der Waals surface area (Å²) >= 11 is 5.72. The minimum atomic E-state index is -0.713. The first-order chi connectivity index (χ1) is 7.58. The third-order valence-electron chi connectivity index (χ3n) is 2.22. The fraction of sp³-hybridized carbons (Fsp3) is 0. The van der Waals surface area contributed by atoms with Crippen LogP contribution in [0.4, 0.5) is 0 Å². The quantitative estimate of drug-likeness (QED) is 0.599. The first kappa shape index (κ1) is 10.6. The number of carbonyl (C=O) groups excluding carboxylic acids is 2. The summed E-state index contributed by atoms with van der Waals surface area (Å²) in [6.45, 7) is 0. The van der Waals surface area contributed by atoms with Crippen LogP contribution in [0.25, 0.3) is 5.57 Å². The van der Waals surface area contributed by atoms with Gasteiger partial charge in [-0.15, -0.1) is 0 Å². The predicted octanol–water partition coefficient (Wildman–Crippen LogP) is 2.32. The van der Waals surface area contributed by atoms with Gasteiger partial charge in [0.05, 0.1) is 0 Å². The van der Waals surface area contributed by atoms with E-state index < -0.39 is 11.6 Å². The molecule has 0 fully saturated rings. The van der Waals surface area contributed by atoms with Crippen LogP contribution in [-0.2, 0) is 9.59 Å². The molecule has 80 valence electrons. The van der Waals surface area contributed by atoms with Crippen LogP contribution >= 0.6 is 11.6 Å². The van der Waals surface area contributed by atoms with Crippen molar-refractivity contribution in [2.75, 3.05) is 0 Å². The molecular weight excluding hydrogens is 228 g/mol. The van der Waals surface area contributed by atoms with Crippen molar-refractivity contribution in [2.24, 2.45) is 0 Å². The summed E-state index contributed by atoms with van der Waals surface area (Å²) in [5, 5.41) is 10.1. The van der Waals surface area contributed by atoms with E-state index in [1.165, 1.54) is 0 Å².